The minimum atomic E-state index is 0.433. The van der Waals surface area contributed by atoms with Crippen LogP contribution in [0.25, 0.3) is 11.3 Å². The predicted molar refractivity (Wildman–Crippen MR) is 110 cm³/mol. The number of hydrogen-bond donors (Lipinski definition) is 0. The third kappa shape index (κ3) is 5.88. The number of amidine groups is 1. The first-order chi connectivity index (χ1) is 12.9. The molecular weight excluding hydrogens is 340 g/mol. The zero-order valence-electron chi connectivity index (χ0n) is 16.8. The van der Waals surface area contributed by atoms with Gasteiger partial charge < -0.3 is 9.15 Å². The Labute approximate surface area is 161 Å². The fraction of sp³-hybridized carbons (Fsp3) is 0.429. The van der Waals surface area contributed by atoms with Gasteiger partial charge in [0.2, 0.25) is 5.88 Å². The van der Waals surface area contributed by atoms with E-state index in [1.165, 1.54) is 6.39 Å². The van der Waals surface area contributed by atoms with Crippen molar-refractivity contribution in [2.75, 3.05) is 13.7 Å². The second-order valence-corrected chi connectivity index (χ2v) is 6.96. The summed E-state index contributed by atoms with van der Waals surface area (Å²) in [5, 5.41) is 0. The number of nitrogens with zero attached hydrogens (tertiary/aromatic N) is 4. The van der Waals surface area contributed by atoms with Gasteiger partial charge in [-0.05, 0) is 37.3 Å². The van der Waals surface area contributed by atoms with Crippen LogP contribution in [0, 0.1) is 11.8 Å². The van der Waals surface area contributed by atoms with Gasteiger partial charge >= 0.3 is 0 Å². The maximum absolute atomic E-state index is 6.01. The Bertz CT molecular complexity index is 808. The maximum Gasteiger partial charge on any atom is 0.224 e. The molecule has 0 radical (unpaired) electrons. The van der Waals surface area contributed by atoms with Gasteiger partial charge in [0.15, 0.2) is 12.2 Å². The Hall–Kier alpha value is -2.76. The summed E-state index contributed by atoms with van der Waals surface area (Å²) in [5.74, 6) is 2.84. The van der Waals surface area contributed by atoms with E-state index in [9.17, 15) is 0 Å². The predicted octanol–water partition coefficient (Wildman–Crippen LogP) is 4.82. The van der Waals surface area contributed by atoms with Crippen LogP contribution in [0.2, 0.25) is 0 Å². The Kier molecular flexibility index (Phi) is 7.46. The van der Waals surface area contributed by atoms with Crippen molar-refractivity contribution in [3.8, 4) is 17.2 Å². The van der Waals surface area contributed by atoms with Gasteiger partial charge in [-0.2, -0.15) is 0 Å². The third-order valence-corrected chi connectivity index (χ3v) is 4.02. The number of ether oxygens (including phenoxy) is 1. The molecule has 1 atom stereocenters. The second-order valence-electron chi connectivity index (χ2n) is 6.96. The van der Waals surface area contributed by atoms with Gasteiger partial charge in [-0.1, -0.05) is 27.4 Å². The van der Waals surface area contributed by atoms with Crippen molar-refractivity contribution in [3.63, 3.8) is 0 Å². The van der Waals surface area contributed by atoms with E-state index in [0.717, 1.165) is 17.5 Å². The van der Waals surface area contributed by atoms with Crippen molar-refractivity contribution in [3.05, 3.63) is 43.1 Å². The fourth-order valence-corrected chi connectivity index (χ4v) is 2.78. The minimum Gasteiger partial charge on any atom is -0.477 e. The van der Waals surface area contributed by atoms with Crippen molar-refractivity contribution in [1.29, 1.82) is 0 Å². The number of aromatic nitrogens is 2. The largest absolute Gasteiger partial charge is 0.477 e. The smallest absolute Gasteiger partial charge is 0.224 e. The molecule has 0 fully saturated rings. The quantitative estimate of drug-likeness (QED) is 0.494. The SMILES string of the molecule is C=C/C(=N\C(C)=N/C)c1cnc(OCC(C)CC(C)C)c(-c2cnco2)c1. The Morgan fingerprint density at radius 2 is 2.11 bits per heavy atom. The molecule has 0 N–H and O–H groups in total. The summed E-state index contributed by atoms with van der Waals surface area (Å²) in [7, 11) is 1.70. The Morgan fingerprint density at radius 1 is 1.33 bits per heavy atom. The average molecular weight is 368 g/mol. The highest BCUT2D eigenvalue weighted by Crippen LogP contribution is 2.30. The highest BCUT2D eigenvalue weighted by molar-refractivity contribution is 6.13. The molecule has 0 saturated heterocycles. The van der Waals surface area contributed by atoms with Crippen LogP contribution in [0.3, 0.4) is 0 Å². The third-order valence-electron chi connectivity index (χ3n) is 4.02. The molecule has 0 amide bonds. The normalized spacial score (nSPS) is 13.7. The molecule has 27 heavy (non-hydrogen) atoms. The van der Waals surface area contributed by atoms with Gasteiger partial charge in [0.25, 0.3) is 0 Å². The lowest BCUT2D eigenvalue weighted by Crippen LogP contribution is -2.12. The molecule has 6 nitrogen and oxygen atoms in total. The van der Waals surface area contributed by atoms with Crippen LogP contribution in [0.5, 0.6) is 5.88 Å². The first-order valence-electron chi connectivity index (χ1n) is 9.11. The fourth-order valence-electron chi connectivity index (χ4n) is 2.78. The zero-order valence-corrected chi connectivity index (χ0v) is 16.8. The highest BCUT2D eigenvalue weighted by Gasteiger charge is 2.16. The summed E-state index contributed by atoms with van der Waals surface area (Å²) < 4.78 is 11.5. The highest BCUT2D eigenvalue weighted by atomic mass is 16.5. The number of rotatable bonds is 8. The number of allylic oxidation sites excluding steroid dienone is 1. The Morgan fingerprint density at radius 3 is 2.70 bits per heavy atom. The van der Waals surface area contributed by atoms with E-state index in [-0.39, 0.29) is 0 Å². The van der Waals surface area contributed by atoms with Crippen LogP contribution in [-0.4, -0.2) is 35.2 Å². The summed E-state index contributed by atoms with van der Waals surface area (Å²) in [6.07, 6.45) is 7.55. The molecule has 0 spiro atoms. The average Bonchev–Trinajstić information content (AvgIpc) is 3.18. The lowest BCUT2D eigenvalue weighted by molar-refractivity contribution is 0.232. The summed E-state index contributed by atoms with van der Waals surface area (Å²) in [6, 6.07) is 1.93. The van der Waals surface area contributed by atoms with Crippen molar-refractivity contribution in [1.82, 2.24) is 9.97 Å². The lowest BCUT2D eigenvalue weighted by Gasteiger charge is -2.16. The van der Waals surface area contributed by atoms with E-state index in [2.05, 4.69) is 47.3 Å². The summed E-state index contributed by atoms with van der Waals surface area (Å²) in [6.45, 7) is 12.9. The zero-order chi connectivity index (χ0) is 19.8. The second kappa shape index (κ2) is 9.80. The molecule has 2 aromatic rings. The molecule has 0 saturated carbocycles. The van der Waals surface area contributed by atoms with Gasteiger partial charge in [-0.3, -0.25) is 4.99 Å². The van der Waals surface area contributed by atoms with Crippen molar-refractivity contribution >= 4 is 11.5 Å². The van der Waals surface area contributed by atoms with Crippen LogP contribution >= 0.6 is 0 Å². The molecule has 1 unspecified atom stereocenters. The van der Waals surface area contributed by atoms with Gasteiger partial charge in [0.05, 0.1) is 24.1 Å². The number of pyridine rings is 1. The van der Waals surface area contributed by atoms with Crippen molar-refractivity contribution in [2.24, 2.45) is 21.8 Å². The molecule has 2 rings (SSSR count). The molecule has 0 aromatic carbocycles. The Balaban J connectivity index is 2.36. The molecular formula is C21H28N4O2. The van der Waals surface area contributed by atoms with Gasteiger partial charge in [0.1, 0.15) is 5.84 Å². The van der Waals surface area contributed by atoms with E-state index < -0.39 is 0 Å². The maximum atomic E-state index is 6.01. The van der Waals surface area contributed by atoms with E-state index in [1.807, 2.05) is 13.0 Å². The van der Waals surface area contributed by atoms with Crippen LogP contribution in [0.4, 0.5) is 0 Å². The molecule has 2 aromatic heterocycles. The monoisotopic (exact) mass is 368 g/mol. The van der Waals surface area contributed by atoms with E-state index in [4.69, 9.17) is 9.15 Å². The molecule has 0 bridgehead atoms. The van der Waals surface area contributed by atoms with Crippen LogP contribution in [0.15, 0.2) is 51.9 Å². The van der Waals surface area contributed by atoms with Crippen LogP contribution in [0.1, 0.15) is 39.7 Å². The number of hydrogen-bond acceptors (Lipinski definition) is 5. The molecule has 2 heterocycles. The van der Waals surface area contributed by atoms with Crippen LogP contribution < -0.4 is 4.74 Å². The van der Waals surface area contributed by atoms with E-state index in [0.29, 0.717) is 41.6 Å². The summed E-state index contributed by atoms with van der Waals surface area (Å²) in [5.41, 5.74) is 2.23. The first kappa shape index (κ1) is 20.6. The number of aliphatic imine (C=N–C) groups is 2. The van der Waals surface area contributed by atoms with Gasteiger partial charge in [0, 0.05) is 18.8 Å². The van der Waals surface area contributed by atoms with Gasteiger partial charge in [-0.15, -0.1) is 0 Å². The summed E-state index contributed by atoms with van der Waals surface area (Å²) in [4.78, 5) is 17.1. The molecule has 0 aliphatic heterocycles. The topological polar surface area (TPSA) is 72.9 Å². The first-order valence-corrected chi connectivity index (χ1v) is 9.11. The molecule has 144 valence electrons. The van der Waals surface area contributed by atoms with E-state index >= 15 is 0 Å². The van der Waals surface area contributed by atoms with Gasteiger partial charge in [-0.25, -0.2) is 15.0 Å². The molecule has 6 heteroatoms. The van der Waals surface area contributed by atoms with Crippen LogP contribution in [-0.2, 0) is 0 Å². The minimum absolute atomic E-state index is 0.433. The molecule has 0 aliphatic carbocycles. The molecule has 0 aliphatic rings. The van der Waals surface area contributed by atoms with E-state index in [1.54, 1.807) is 25.5 Å². The standard InChI is InChI=1S/C21H28N4O2/c1-7-19(25-16(5)22-6)17-9-18(20-11-23-13-27-20)21(24-10-17)26-12-15(4)8-14(2)3/h7,9-11,13-15H,1,8,12H2,2-6H3/b22-16-,25-19+. The van der Waals surface area contributed by atoms with Crippen molar-refractivity contribution < 1.29 is 9.15 Å². The van der Waals surface area contributed by atoms with Crippen molar-refractivity contribution in [2.45, 2.75) is 34.1 Å². The number of oxazole rings is 1. The summed E-state index contributed by atoms with van der Waals surface area (Å²) >= 11 is 0. The lowest BCUT2D eigenvalue weighted by atomic mass is 10.00.